The zero-order chi connectivity index (χ0) is 77.3. The maximum Gasteiger partial charge on any atom is 0.335 e. The van der Waals surface area contributed by atoms with Crippen LogP contribution in [0.5, 0.6) is 0 Å². The Kier molecular flexibility index (Phi) is 24.3. The lowest BCUT2D eigenvalue weighted by Crippen LogP contribution is -2.68. The third-order valence-corrected chi connectivity index (χ3v) is 26.8. The number of hydrogen-bond donors (Lipinski definition) is 19. The van der Waals surface area contributed by atoms with Gasteiger partial charge in [0.15, 0.2) is 49.9 Å². The van der Waals surface area contributed by atoms with E-state index in [4.69, 9.17) is 66.3 Å². The molecule has 36 nitrogen and oxygen atoms in total. The minimum atomic E-state index is -2.23. The van der Waals surface area contributed by atoms with Crippen molar-refractivity contribution in [2.75, 3.05) is 26.4 Å². The van der Waals surface area contributed by atoms with Crippen LogP contribution in [0.15, 0.2) is 11.6 Å². The van der Waals surface area contributed by atoms with E-state index in [0.717, 1.165) is 11.9 Å². The van der Waals surface area contributed by atoms with Crippen molar-refractivity contribution in [3.8, 4) is 0 Å². The van der Waals surface area contributed by atoms with Gasteiger partial charge in [0, 0.05) is 0 Å². The summed E-state index contributed by atoms with van der Waals surface area (Å²) in [7, 11) is 0. The molecular formula is C70H110O36. The molecule has 19 N–H and O–H groups in total. The summed E-state index contributed by atoms with van der Waals surface area (Å²) in [6.07, 6.45) is -53.9. The molecule has 7 heterocycles. The first kappa shape index (κ1) is 82.6. The summed E-state index contributed by atoms with van der Waals surface area (Å²) >= 11 is 0. The van der Waals surface area contributed by atoms with E-state index >= 15 is 4.79 Å². The van der Waals surface area contributed by atoms with Crippen molar-refractivity contribution >= 4 is 18.2 Å². The first-order chi connectivity index (χ1) is 49.8. The summed E-state index contributed by atoms with van der Waals surface area (Å²) in [6.45, 7) is 12.7. The average Bonchev–Trinajstić information content (AvgIpc) is 0.674. The number of aliphatic hydroxyl groups is 18. The van der Waals surface area contributed by atoms with Crippen LogP contribution in [0.4, 0.5) is 0 Å². The van der Waals surface area contributed by atoms with E-state index in [2.05, 4.69) is 40.7 Å². The van der Waals surface area contributed by atoms with Gasteiger partial charge in [0.2, 0.25) is 6.29 Å². The molecule has 7 saturated heterocycles. The van der Waals surface area contributed by atoms with E-state index in [1.807, 2.05) is 0 Å². The minimum Gasteiger partial charge on any atom is -0.479 e. The van der Waals surface area contributed by atoms with Gasteiger partial charge in [-0.05, 0) is 117 Å². The molecule has 0 aromatic rings. The van der Waals surface area contributed by atoms with Gasteiger partial charge in [-0.15, -0.1) is 0 Å². The summed E-state index contributed by atoms with van der Waals surface area (Å²) in [5, 5.41) is 207. The molecule has 12 rings (SSSR count). The first-order valence-electron chi connectivity index (χ1n) is 36.9. The normalized spacial score (nSPS) is 54.7. The Bertz CT molecular complexity index is 3100. The van der Waals surface area contributed by atoms with E-state index in [9.17, 15) is 107 Å². The monoisotopic (exact) mass is 1530 g/mol. The fourth-order valence-electron chi connectivity index (χ4n) is 20.1. The van der Waals surface area contributed by atoms with E-state index in [-0.39, 0.29) is 17.8 Å². The molecule has 4 saturated carbocycles. The second kappa shape index (κ2) is 31.1. The number of aliphatic hydroxyl groups excluding tert-OH is 18. The molecule has 5 aliphatic carbocycles. The van der Waals surface area contributed by atoms with E-state index in [0.29, 0.717) is 57.8 Å². The number of rotatable bonds is 18. The zero-order valence-corrected chi connectivity index (χ0v) is 60.4. The van der Waals surface area contributed by atoms with E-state index in [1.54, 1.807) is 6.92 Å². The molecule has 606 valence electrons. The van der Waals surface area contributed by atoms with Crippen molar-refractivity contribution in [3.63, 3.8) is 0 Å². The van der Waals surface area contributed by atoms with Gasteiger partial charge in [0.25, 0.3) is 0 Å². The molecule has 7 aliphatic heterocycles. The molecule has 0 radical (unpaired) electrons. The van der Waals surface area contributed by atoms with Crippen LogP contribution in [0.2, 0.25) is 0 Å². The second-order valence-electron chi connectivity index (χ2n) is 33.5. The molecule has 0 spiro atoms. The van der Waals surface area contributed by atoms with Crippen molar-refractivity contribution in [1.29, 1.82) is 0 Å². The van der Waals surface area contributed by atoms with Crippen LogP contribution in [0, 0.1) is 50.2 Å². The molecule has 36 heteroatoms. The predicted octanol–water partition coefficient (Wildman–Crippen LogP) is -5.96. The zero-order valence-electron chi connectivity index (χ0n) is 60.4. The van der Waals surface area contributed by atoms with Crippen molar-refractivity contribution in [1.82, 2.24) is 0 Å². The Morgan fingerprint density at radius 3 is 1.55 bits per heavy atom. The van der Waals surface area contributed by atoms with Crippen LogP contribution in [0.25, 0.3) is 0 Å². The number of esters is 1. The van der Waals surface area contributed by atoms with Gasteiger partial charge in [-0.2, -0.15) is 0 Å². The highest BCUT2D eigenvalue weighted by molar-refractivity contribution is 5.79. The third-order valence-electron chi connectivity index (χ3n) is 26.8. The summed E-state index contributed by atoms with van der Waals surface area (Å²) in [5.74, 6) is -3.43. The SMILES string of the molecule is C[C@@H]1O[C@@H](O[C@H]2[C@H](OC(=O)[C@]34CCC(C)(C)CC3C3=CCC5[C@@]6(C)CC[C@H](O[C@@H]7O[C@H](C(=O)O)[C@@H](O)[C@H](O[C@@H]8O[C@H](CO)[C@H](O)[C@H](O)[C@H]8O)[C@H]7O[C@@H]7OC[C@H](O)[C@H](O)[C@H]7O)[C@@](C)(C=O)C6CC[C@@]5(C)[C@]3(C)CC4)O[C@H](C)[C@H](O)[C@@H]2O)[C@H](O)[C@H](O[C@@H]2O[C@H](CO)[C@@H](O)[C@H](O)[C@H]2O)[C@H]1O[C@@H]1OC[C@@H](O)[C@H](O)[C@H]1O. The summed E-state index contributed by atoms with van der Waals surface area (Å²) in [6, 6.07) is 0. The van der Waals surface area contributed by atoms with Crippen molar-refractivity contribution in [3.05, 3.63) is 11.6 Å². The summed E-state index contributed by atoms with van der Waals surface area (Å²) in [5.41, 5.74) is -3.61. The highest BCUT2D eigenvalue weighted by Crippen LogP contribution is 2.76. The number of ether oxygens (including phenoxy) is 14. The molecule has 42 atom stereocenters. The van der Waals surface area contributed by atoms with Gasteiger partial charge in [-0.1, -0.05) is 53.2 Å². The predicted molar refractivity (Wildman–Crippen MR) is 347 cm³/mol. The average molecular weight is 1530 g/mol. The number of aliphatic carboxylic acids is 1. The van der Waals surface area contributed by atoms with Crippen molar-refractivity contribution < 1.29 is 178 Å². The fraction of sp³-hybridized carbons (Fsp3) is 0.929. The number of fused-ring (bicyclic) bond motifs is 7. The largest absolute Gasteiger partial charge is 0.479 e. The molecule has 12 aliphatic rings. The fourth-order valence-corrected chi connectivity index (χ4v) is 20.1. The third kappa shape index (κ3) is 14.2. The lowest BCUT2D eigenvalue weighted by atomic mass is 9.33. The highest BCUT2D eigenvalue weighted by atomic mass is 16.8. The summed E-state index contributed by atoms with van der Waals surface area (Å²) < 4.78 is 85.0. The van der Waals surface area contributed by atoms with E-state index in [1.165, 1.54) is 13.8 Å². The van der Waals surface area contributed by atoms with Gasteiger partial charge >= 0.3 is 11.9 Å². The van der Waals surface area contributed by atoms with Gasteiger partial charge in [-0.3, -0.25) is 4.79 Å². The van der Waals surface area contributed by atoms with Crippen LogP contribution in [0.1, 0.15) is 120 Å². The number of carboxylic acids is 1. The van der Waals surface area contributed by atoms with Crippen molar-refractivity contribution in [2.24, 2.45) is 50.2 Å². The number of hydrogen-bond acceptors (Lipinski definition) is 35. The van der Waals surface area contributed by atoms with Gasteiger partial charge in [0.1, 0.15) is 141 Å². The van der Waals surface area contributed by atoms with Crippen LogP contribution < -0.4 is 0 Å². The first-order valence-corrected chi connectivity index (χ1v) is 36.9. The number of aldehydes is 1. The van der Waals surface area contributed by atoms with Gasteiger partial charge < -0.3 is 168 Å². The Balaban J connectivity index is 0.804. The second-order valence-corrected chi connectivity index (χ2v) is 33.5. The number of carboxylic acid groups (broad SMARTS) is 1. The van der Waals surface area contributed by atoms with Crippen LogP contribution >= 0.6 is 0 Å². The maximum absolute atomic E-state index is 15.8. The molecular weight excluding hydrogens is 1420 g/mol. The lowest BCUT2D eigenvalue weighted by molar-refractivity contribution is -0.394. The molecule has 0 bridgehead atoms. The Hall–Kier alpha value is -2.89. The number of carbonyl (C=O) groups excluding carboxylic acids is 2. The van der Waals surface area contributed by atoms with Crippen molar-refractivity contribution in [2.45, 2.75) is 328 Å². The maximum atomic E-state index is 15.8. The van der Waals surface area contributed by atoms with Crippen LogP contribution in [-0.4, -0.2) is 351 Å². The molecule has 3 unspecified atom stereocenters. The molecule has 106 heavy (non-hydrogen) atoms. The minimum absolute atomic E-state index is 0.124. The quantitative estimate of drug-likeness (QED) is 0.0263. The smallest absolute Gasteiger partial charge is 0.335 e. The molecule has 0 amide bonds. The van der Waals surface area contributed by atoms with Gasteiger partial charge in [0.05, 0.1) is 55.6 Å². The molecule has 0 aromatic heterocycles. The topological polar surface area (TPSA) is 565 Å². The van der Waals surface area contributed by atoms with Gasteiger partial charge in [-0.25, -0.2) is 4.79 Å². The Morgan fingerprint density at radius 1 is 0.481 bits per heavy atom. The molecule has 0 aromatic carbocycles. The van der Waals surface area contributed by atoms with E-state index < -0.39 is 286 Å². The number of allylic oxidation sites excluding steroid dienone is 2. The lowest BCUT2D eigenvalue weighted by Gasteiger charge is -2.71. The standard InChI is InChI=1S/C70H110O36/c1-25-36(76)43(83)54(104-61-49(89)52(102-60-47(87)42(82)40(80)32(21-72)98-60)50(26(2)96-61)100-57-44(84)37(77)29(74)22-93-57)62(95-25)106-64(92)70-17-15-65(3,4)19-28(70)27-9-10-34-66(5)13-12-35(67(6,24-73)33(66)11-14-69(34,8)68(27,7)16-18-70)99-63-55(105-58-45(85)38(78)30(75)23-94-58)51(48(88)53(103-63)56(90)91)101-59-46(86)41(81)39(79)31(20-71)97-59/h9,24-26,28-55,57-63,71-72,74-89H,10-23H2,1-8H3,(H,90,91)/t25-,26+,28?,29-,30+,31-,32-,33?,34?,35+,36+,37+,38+,39+,40-,41+,42+,43+,44-,45-,46-,47-,48+,49-,50+,51+,52+,53+,54-,55-,57+,58+,59+,60+,61+,62+,63-,66+,67+,68-,69-,70+/m1/s1. The highest BCUT2D eigenvalue weighted by Gasteiger charge is 2.72. The Morgan fingerprint density at radius 2 is 0.991 bits per heavy atom. The molecule has 11 fully saturated rings. The summed E-state index contributed by atoms with van der Waals surface area (Å²) in [4.78, 5) is 43.1. The van der Waals surface area contributed by atoms with Crippen LogP contribution in [0.3, 0.4) is 0 Å². The number of carbonyl (C=O) groups is 3. The van der Waals surface area contributed by atoms with Crippen LogP contribution in [-0.2, 0) is 80.7 Å². The Labute approximate surface area is 610 Å².